The molecule has 0 spiro atoms. The van der Waals surface area contributed by atoms with Gasteiger partial charge in [-0.05, 0) is 18.6 Å². The third-order valence-corrected chi connectivity index (χ3v) is 2.71. The van der Waals surface area contributed by atoms with Crippen molar-refractivity contribution >= 4 is 17.5 Å². The molecule has 1 aliphatic rings. The number of rotatable bonds is 2. The van der Waals surface area contributed by atoms with Crippen molar-refractivity contribution in [2.45, 2.75) is 13.0 Å². The summed E-state index contributed by atoms with van der Waals surface area (Å²) in [5.74, 6) is 0.0829. The molecule has 1 aromatic rings. The van der Waals surface area contributed by atoms with E-state index in [1.165, 1.54) is 0 Å². The van der Waals surface area contributed by atoms with E-state index in [1.807, 2.05) is 12.1 Å². The number of carbonyl (C=O) groups is 1. The topological polar surface area (TPSA) is 45.2 Å². The molecule has 1 amide bonds. The molecule has 1 fully saturated rings. The number of pyridine rings is 1. The van der Waals surface area contributed by atoms with Crippen LogP contribution in [0.3, 0.4) is 0 Å². The molecule has 0 aliphatic carbocycles. The normalized spacial score (nSPS) is 17.9. The fourth-order valence-electron chi connectivity index (χ4n) is 1.77. The summed E-state index contributed by atoms with van der Waals surface area (Å²) < 4.78 is 0. The third-order valence-electron chi connectivity index (χ3n) is 2.50. The summed E-state index contributed by atoms with van der Waals surface area (Å²) in [4.78, 5) is 17.7. The van der Waals surface area contributed by atoms with E-state index in [0.29, 0.717) is 18.2 Å². The van der Waals surface area contributed by atoms with Crippen LogP contribution in [0.4, 0.5) is 0 Å². The molecular weight excluding hydrogens is 226 g/mol. The molecule has 0 atom stereocenters. The lowest BCUT2D eigenvalue weighted by atomic mass is 10.3. The first-order valence-electron chi connectivity index (χ1n) is 5.34. The molecule has 2 rings (SSSR count). The van der Waals surface area contributed by atoms with Gasteiger partial charge in [-0.2, -0.15) is 0 Å². The number of nitrogens with one attached hydrogen (secondary N) is 1. The molecule has 0 saturated carbocycles. The van der Waals surface area contributed by atoms with Crippen LogP contribution in [0.25, 0.3) is 0 Å². The highest BCUT2D eigenvalue weighted by Crippen LogP contribution is 2.08. The second-order valence-electron chi connectivity index (χ2n) is 3.87. The van der Waals surface area contributed by atoms with Gasteiger partial charge >= 0.3 is 0 Å². The van der Waals surface area contributed by atoms with Crippen LogP contribution < -0.4 is 5.32 Å². The molecule has 1 aliphatic heterocycles. The smallest absolute Gasteiger partial charge is 0.234 e. The molecular formula is C11H14ClN3O. The first-order valence-corrected chi connectivity index (χ1v) is 5.72. The van der Waals surface area contributed by atoms with Crippen molar-refractivity contribution in [2.24, 2.45) is 0 Å². The molecule has 0 aromatic carbocycles. The van der Waals surface area contributed by atoms with Crippen LogP contribution in [0.15, 0.2) is 18.2 Å². The second-order valence-corrected chi connectivity index (χ2v) is 4.25. The van der Waals surface area contributed by atoms with Crippen LogP contribution >= 0.6 is 11.6 Å². The maximum Gasteiger partial charge on any atom is 0.234 e. The van der Waals surface area contributed by atoms with Crippen LogP contribution in [0.1, 0.15) is 12.1 Å². The Morgan fingerprint density at radius 2 is 2.38 bits per heavy atom. The summed E-state index contributed by atoms with van der Waals surface area (Å²) in [5.41, 5.74) is 0.905. The zero-order valence-electron chi connectivity index (χ0n) is 8.95. The Labute approximate surface area is 99.6 Å². The van der Waals surface area contributed by atoms with Gasteiger partial charge in [0.1, 0.15) is 5.15 Å². The highest BCUT2D eigenvalue weighted by atomic mass is 35.5. The maximum atomic E-state index is 11.4. The molecule has 1 saturated heterocycles. The van der Waals surface area contributed by atoms with Gasteiger partial charge in [-0.1, -0.05) is 17.7 Å². The molecule has 2 heterocycles. The van der Waals surface area contributed by atoms with Gasteiger partial charge in [0.2, 0.25) is 5.91 Å². The fourth-order valence-corrected chi connectivity index (χ4v) is 1.95. The highest BCUT2D eigenvalue weighted by Gasteiger charge is 2.14. The quantitative estimate of drug-likeness (QED) is 0.785. The SMILES string of the molecule is O=C1CN(Cc2cccc(Cl)n2)CCCN1. The number of carbonyl (C=O) groups excluding carboxylic acids is 1. The van der Waals surface area contributed by atoms with Crippen LogP contribution in [0, 0.1) is 0 Å². The molecule has 86 valence electrons. The number of amides is 1. The van der Waals surface area contributed by atoms with Crippen molar-refractivity contribution in [2.75, 3.05) is 19.6 Å². The fraction of sp³-hybridized carbons (Fsp3) is 0.455. The second kappa shape index (κ2) is 5.27. The lowest BCUT2D eigenvalue weighted by Crippen LogP contribution is -2.32. The molecule has 0 unspecified atom stereocenters. The Hall–Kier alpha value is -1.13. The lowest BCUT2D eigenvalue weighted by molar-refractivity contribution is -0.121. The maximum absolute atomic E-state index is 11.4. The molecule has 1 aromatic heterocycles. The van der Waals surface area contributed by atoms with E-state index in [9.17, 15) is 4.79 Å². The molecule has 4 nitrogen and oxygen atoms in total. The summed E-state index contributed by atoms with van der Waals surface area (Å²) in [6, 6.07) is 5.55. The molecule has 1 N–H and O–H groups in total. The van der Waals surface area contributed by atoms with Gasteiger partial charge in [-0.25, -0.2) is 4.98 Å². The largest absolute Gasteiger partial charge is 0.355 e. The predicted molar refractivity (Wildman–Crippen MR) is 62.2 cm³/mol. The van der Waals surface area contributed by atoms with Crippen LogP contribution in [-0.2, 0) is 11.3 Å². The molecule has 0 bridgehead atoms. The van der Waals surface area contributed by atoms with Crippen LogP contribution in [0.2, 0.25) is 5.15 Å². The van der Waals surface area contributed by atoms with Crippen molar-refractivity contribution in [3.8, 4) is 0 Å². The average molecular weight is 240 g/mol. The van der Waals surface area contributed by atoms with Gasteiger partial charge in [-0.3, -0.25) is 9.69 Å². The van der Waals surface area contributed by atoms with Crippen molar-refractivity contribution in [3.63, 3.8) is 0 Å². The first kappa shape index (κ1) is 11.4. The van der Waals surface area contributed by atoms with E-state index in [1.54, 1.807) is 6.07 Å². The van der Waals surface area contributed by atoms with E-state index in [0.717, 1.165) is 25.2 Å². The van der Waals surface area contributed by atoms with Crippen molar-refractivity contribution < 1.29 is 4.79 Å². The summed E-state index contributed by atoms with van der Waals surface area (Å²) in [5, 5.41) is 3.34. The summed E-state index contributed by atoms with van der Waals surface area (Å²) in [7, 11) is 0. The van der Waals surface area contributed by atoms with Crippen molar-refractivity contribution in [1.29, 1.82) is 0 Å². The Kier molecular flexibility index (Phi) is 3.74. The number of nitrogens with zero attached hydrogens (tertiary/aromatic N) is 2. The van der Waals surface area contributed by atoms with Crippen molar-refractivity contribution in [1.82, 2.24) is 15.2 Å². The van der Waals surface area contributed by atoms with E-state index in [-0.39, 0.29) is 5.91 Å². The average Bonchev–Trinajstić information content (AvgIpc) is 2.43. The minimum Gasteiger partial charge on any atom is -0.355 e. The Morgan fingerprint density at radius 1 is 1.50 bits per heavy atom. The molecule has 5 heteroatoms. The van der Waals surface area contributed by atoms with E-state index < -0.39 is 0 Å². The minimum atomic E-state index is 0.0829. The summed E-state index contributed by atoms with van der Waals surface area (Å²) in [6.07, 6.45) is 0.978. The lowest BCUT2D eigenvalue weighted by Gasteiger charge is -2.17. The van der Waals surface area contributed by atoms with E-state index in [4.69, 9.17) is 11.6 Å². The van der Waals surface area contributed by atoms with Gasteiger partial charge < -0.3 is 5.32 Å². The van der Waals surface area contributed by atoms with Gasteiger partial charge in [0.25, 0.3) is 0 Å². The Morgan fingerprint density at radius 3 is 3.19 bits per heavy atom. The van der Waals surface area contributed by atoms with Gasteiger partial charge in [0.15, 0.2) is 0 Å². The summed E-state index contributed by atoms with van der Waals surface area (Å²) >= 11 is 5.81. The van der Waals surface area contributed by atoms with Gasteiger partial charge in [0, 0.05) is 19.6 Å². The Balaban J connectivity index is 2.00. The van der Waals surface area contributed by atoms with E-state index >= 15 is 0 Å². The van der Waals surface area contributed by atoms with E-state index in [2.05, 4.69) is 15.2 Å². The standard InChI is InChI=1S/C11H14ClN3O/c12-10-4-1-3-9(14-10)7-15-6-2-5-13-11(16)8-15/h1,3-4H,2,5-8H2,(H,13,16). The van der Waals surface area contributed by atoms with Gasteiger partial charge in [-0.15, -0.1) is 0 Å². The zero-order chi connectivity index (χ0) is 11.4. The summed E-state index contributed by atoms with van der Waals surface area (Å²) in [6.45, 7) is 2.79. The minimum absolute atomic E-state index is 0.0829. The van der Waals surface area contributed by atoms with Crippen LogP contribution in [0.5, 0.6) is 0 Å². The molecule has 0 radical (unpaired) electrons. The number of halogens is 1. The highest BCUT2D eigenvalue weighted by molar-refractivity contribution is 6.29. The van der Waals surface area contributed by atoms with Gasteiger partial charge in [0.05, 0.1) is 12.2 Å². The third kappa shape index (κ3) is 3.18. The Bertz CT molecular complexity index is 383. The number of aromatic nitrogens is 1. The van der Waals surface area contributed by atoms with Crippen molar-refractivity contribution in [3.05, 3.63) is 29.0 Å². The van der Waals surface area contributed by atoms with Crippen LogP contribution in [-0.4, -0.2) is 35.4 Å². The first-order chi connectivity index (χ1) is 7.74. The molecule has 16 heavy (non-hydrogen) atoms. The predicted octanol–water partition coefficient (Wildman–Crippen LogP) is 1.06. The zero-order valence-corrected chi connectivity index (χ0v) is 9.70. The number of hydrogen-bond donors (Lipinski definition) is 1. The monoisotopic (exact) mass is 239 g/mol. The number of hydrogen-bond acceptors (Lipinski definition) is 3.